The average Bonchev–Trinajstić information content (AvgIpc) is 2.75. The third-order valence-electron chi connectivity index (χ3n) is 2.87. The molecule has 0 aliphatic rings. The predicted octanol–water partition coefficient (Wildman–Crippen LogP) is 2.88. The molecule has 0 atom stereocenters. The number of nitrogens with zero attached hydrogens (tertiary/aromatic N) is 1. The second kappa shape index (κ2) is 5.44. The molecule has 1 heterocycles. The first-order chi connectivity index (χ1) is 9.02. The lowest BCUT2D eigenvalue weighted by Crippen LogP contribution is -2.14. The molecule has 2 aromatic rings. The number of nitrogen functional groups attached to an aromatic ring is 1. The number of aromatic nitrogens is 2. The Hall–Kier alpha value is -1.82. The third kappa shape index (κ3) is 2.78. The summed E-state index contributed by atoms with van der Waals surface area (Å²) in [5.74, 6) is -0.310. The predicted molar refractivity (Wildman–Crippen MR) is 79.2 cm³/mol. The number of aryl methyl sites for hydroxylation is 2. The number of rotatable bonds is 3. The molecule has 0 aliphatic heterocycles. The van der Waals surface area contributed by atoms with E-state index in [4.69, 9.17) is 5.73 Å². The number of hydrogen-bond acceptors (Lipinski definition) is 3. The second-order valence-corrected chi connectivity index (χ2v) is 5.09. The Bertz CT molecular complexity index is 621. The molecule has 1 aromatic heterocycles. The molecule has 0 aliphatic carbocycles. The molecule has 100 valence electrons. The van der Waals surface area contributed by atoms with Gasteiger partial charge in [0.1, 0.15) is 0 Å². The normalized spacial score (nSPS) is 10.5. The fraction of sp³-hybridized carbons (Fsp3) is 0.231. The fourth-order valence-corrected chi connectivity index (χ4v) is 1.99. The molecule has 0 fully saturated rings. The van der Waals surface area contributed by atoms with Crippen LogP contribution >= 0.6 is 15.9 Å². The fourth-order valence-electron chi connectivity index (χ4n) is 1.74. The van der Waals surface area contributed by atoms with Gasteiger partial charge in [-0.2, -0.15) is 5.10 Å². The zero-order valence-electron chi connectivity index (χ0n) is 10.7. The Morgan fingerprint density at radius 1 is 1.53 bits per heavy atom. The maximum atomic E-state index is 12.1. The Balaban J connectivity index is 2.20. The van der Waals surface area contributed by atoms with Gasteiger partial charge in [0.15, 0.2) is 5.69 Å². The van der Waals surface area contributed by atoms with E-state index in [2.05, 4.69) is 31.4 Å². The SMILES string of the molecule is CCc1[nH]nc(C(=O)Nc2ccc(Br)c(C)c2)c1N. The van der Waals surface area contributed by atoms with Gasteiger partial charge in [-0.1, -0.05) is 22.9 Å². The van der Waals surface area contributed by atoms with Crippen LogP contribution in [0.25, 0.3) is 0 Å². The van der Waals surface area contributed by atoms with Crippen LogP contribution in [0.1, 0.15) is 28.7 Å². The summed E-state index contributed by atoms with van der Waals surface area (Å²) in [5, 5.41) is 9.50. The number of nitrogens with one attached hydrogen (secondary N) is 2. The minimum atomic E-state index is -0.310. The number of carbonyl (C=O) groups excluding carboxylic acids is 1. The molecule has 0 saturated carbocycles. The number of amides is 1. The number of aromatic amines is 1. The third-order valence-corrected chi connectivity index (χ3v) is 3.76. The monoisotopic (exact) mass is 322 g/mol. The minimum absolute atomic E-state index is 0.234. The first-order valence-electron chi connectivity index (χ1n) is 5.93. The Morgan fingerprint density at radius 2 is 2.26 bits per heavy atom. The van der Waals surface area contributed by atoms with E-state index in [9.17, 15) is 4.79 Å². The van der Waals surface area contributed by atoms with Crippen molar-refractivity contribution in [3.05, 3.63) is 39.6 Å². The number of nitrogens with two attached hydrogens (primary N) is 1. The van der Waals surface area contributed by atoms with Crippen molar-refractivity contribution in [3.63, 3.8) is 0 Å². The number of halogens is 1. The lowest BCUT2D eigenvalue weighted by Gasteiger charge is -2.06. The molecule has 1 amide bonds. The maximum Gasteiger partial charge on any atom is 0.278 e. The number of H-pyrrole nitrogens is 1. The molecular weight excluding hydrogens is 308 g/mol. The molecule has 0 radical (unpaired) electrons. The second-order valence-electron chi connectivity index (χ2n) is 4.24. The molecule has 0 unspecified atom stereocenters. The van der Waals surface area contributed by atoms with Gasteiger partial charge in [-0.3, -0.25) is 9.89 Å². The van der Waals surface area contributed by atoms with Crippen LogP contribution in [0.2, 0.25) is 0 Å². The number of benzene rings is 1. The molecule has 0 spiro atoms. The molecule has 0 saturated heterocycles. The molecule has 19 heavy (non-hydrogen) atoms. The van der Waals surface area contributed by atoms with Crippen LogP contribution in [-0.4, -0.2) is 16.1 Å². The molecule has 4 N–H and O–H groups in total. The molecular formula is C13H15BrN4O. The van der Waals surface area contributed by atoms with Crippen LogP contribution in [0.5, 0.6) is 0 Å². The maximum absolute atomic E-state index is 12.1. The van der Waals surface area contributed by atoms with Crippen molar-refractivity contribution in [2.75, 3.05) is 11.1 Å². The number of hydrogen-bond donors (Lipinski definition) is 3. The summed E-state index contributed by atoms with van der Waals surface area (Å²) in [5.41, 5.74) is 9.04. The van der Waals surface area contributed by atoms with E-state index in [-0.39, 0.29) is 11.6 Å². The van der Waals surface area contributed by atoms with Gasteiger partial charge in [-0.15, -0.1) is 0 Å². The number of carbonyl (C=O) groups is 1. The standard InChI is InChI=1S/C13H15BrN4O/c1-3-10-11(15)12(18-17-10)13(19)16-8-4-5-9(14)7(2)6-8/h4-6H,3,15H2,1-2H3,(H,16,19)(H,17,18). The molecule has 0 bridgehead atoms. The molecule has 6 heteroatoms. The summed E-state index contributed by atoms with van der Waals surface area (Å²) >= 11 is 3.41. The molecule has 1 aromatic carbocycles. The van der Waals surface area contributed by atoms with Crippen molar-refractivity contribution in [2.45, 2.75) is 20.3 Å². The van der Waals surface area contributed by atoms with Gasteiger partial charge < -0.3 is 11.1 Å². The highest BCUT2D eigenvalue weighted by atomic mass is 79.9. The minimum Gasteiger partial charge on any atom is -0.395 e. The highest BCUT2D eigenvalue weighted by molar-refractivity contribution is 9.10. The van der Waals surface area contributed by atoms with Crippen molar-refractivity contribution in [2.24, 2.45) is 0 Å². The van der Waals surface area contributed by atoms with Gasteiger partial charge in [0, 0.05) is 10.2 Å². The van der Waals surface area contributed by atoms with E-state index >= 15 is 0 Å². The van der Waals surface area contributed by atoms with Gasteiger partial charge in [-0.25, -0.2) is 0 Å². The van der Waals surface area contributed by atoms with Gasteiger partial charge in [-0.05, 0) is 37.1 Å². The van der Waals surface area contributed by atoms with Crippen molar-refractivity contribution in [3.8, 4) is 0 Å². The highest BCUT2D eigenvalue weighted by Gasteiger charge is 2.16. The largest absolute Gasteiger partial charge is 0.395 e. The first kappa shape index (κ1) is 13.6. The Labute approximate surface area is 119 Å². The quantitative estimate of drug-likeness (QED) is 0.812. The van der Waals surface area contributed by atoms with Crippen molar-refractivity contribution < 1.29 is 4.79 Å². The van der Waals surface area contributed by atoms with Crippen LogP contribution in [0.15, 0.2) is 22.7 Å². The van der Waals surface area contributed by atoms with Crippen LogP contribution in [0.3, 0.4) is 0 Å². The van der Waals surface area contributed by atoms with Crippen LogP contribution in [-0.2, 0) is 6.42 Å². The number of anilines is 2. The summed E-state index contributed by atoms with van der Waals surface area (Å²) in [4.78, 5) is 12.1. The summed E-state index contributed by atoms with van der Waals surface area (Å²) in [6.45, 7) is 3.90. The zero-order valence-corrected chi connectivity index (χ0v) is 12.3. The summed E-state index contributed by atoms with van der Waals surface area (Å²) in [6.07, 6.45) is 0.712. The molecule has 2 rings (SSSR count). The first-order valence-corrected chi connectivity index (χ1v) is 6.72. The summed E-state index contributed by atoms with van der Waals surface area (Å²) in [6, 6.07) is 5.58. The van der Waals surface area contributed by atoms with Crippen LogP contribution in [0, 0.1) is 6.92 Å². The average molecular weight is 323 g/mol. The zero-order chi connectivity index (χ0) is 14.0. The Kier molecular flexibility index (Phi) is 3.90. The lowest BCUT2D eigenvalue weighted by molar-refractivity contribution is 0.102. The highest BCUT2D eigenvalue weighted by Crippen LogP contribution is 2.21. The van der Waals surface area contributed by atoms with Crippen molar-refractivity contribution in [1.82, 2.24) is 10.2 Å². The van der Waals surface area contributed by atoms with E-state index in [1.54, 1.807) is 0 Å². The van der Waals surface area contributed by atoms with Gasteiger partial charge in [0.05, 0.1) is 11.4 Å². The van der Waals surface area contributed by atoms with E-state index in [0.717, 1.165) is 15.7 Å². The lowest BCUT2D eigenvalue weighted by atomic mass is 10.2. The van der Waals surface area contributed by atoms with E-state index in [0.29, 0.717) is 17.8 Å². The van der Waals surface area contributed by atoms with Crippen LogP contribution < -0.4 is 11.1 Å². The van der Waals surface area contributed by atoms with Crippen molar-refractivity contribution in [1.29, 1.82) is 0 Å². The van der Waals surface area contributed by atoms with Crippen LogP contribution in [0.4, 0.5) is 11.4 Å². The van der Waals surface area contributed by atoms with E-state index in [1.165, 1.54) is 0 Å². The summed E-state index contributed by atoms with van der Waals surface area (Å²) < 4.78 is 0.998. The van der Waals surface area contributed by atoms with Gasteiger partial charge >= 0.3 is 0 Å². The topological polar surface area (TPSA) is 83.8 Å². The van der Waals surface area contributed by atoms with E-state index in [1.807, 2.05) is 32.0 Å². The van der Waals surface area contributed by atoms with E-state index < -0.39 is 0 Å². The smallest absolute Gasteiger partial charge is 0.278 e. The van der Waals surface area contributed by atoms with Gasteiger partial charge in [0.25, 0.3) is 5.91 Å². The molecule has 5 nitrogen and oxygen atoms in total. The Morgan fingerprint density at radius 3 is 2.84 bits per heavy atom. The van der Waals surface area contributed by atoms with Crippen molar-refractivity contribution >= 4 is 33.2 Å². The summed E-state index contributed by atoms with van der Waals surface area (Å²) in [7, 11) is 0. The van der Waals surface area contributed by atoms with Gasteiger partial charge in [0.2, 0.25) is 0 Å².